The molecule has 2 aliphatic rings. The van der Waals surface area contributed by atoms with Crippen molar-refractivity contribution in [3.05, 3.63) is 23.8 Å². The van der Waals surface area contributed by atoms with Crippen LogP contribution in [-0.2, 0) is 0 Å². The lowest BCUT2D eigenvalue weighted by Crippen LogP contribution is -2.35. The molecule has 116 valence electrons. The fraction of sp³-hybridized carbons (Fsp3) is 0.611. The lowest BCUT2D eigenvalue weighted by atomic mass is 9.93. The van der Waals surface area contributed by atoms with E-state index in [1.165, 1.54) is 30.6 Å². The Bertz CT molecular complexity index is 498. The fourth-order valence-corrected chi connectivity index (χ4v) is 3.53. The number of Topliss-reactive ketones (excluding diaryl/α,β-unsaturated/α-hetero) is 1. The number of nitrogens with zero attached hydrogens (tertiary/aromatic N) is 1. The second-order valence-corrected chi connectivity index (χ2v) is 6.81. The van der Waals surface area contributed by atoms with E-state index in [4.69, 9.17) is 0 Å². The molecular formula is C18H27NOS. The Morgan fingerprint density at radius 1 is 1.14 bits per heavy atom. The van der Waals surface area contributed by atoms with Gasteiger partial charge in [-0.1, -0.05) is 13.8 Å². The summed E-state index contributed by atoms with van der Waals surface area (Å²) in [7, 11) is 0. The van der Waals surface area contributed by atoms with Crippen LogP contribution >= 0.6 is 11.8 Å². The highest BCUT2D eigenvalue weighted by atomic mass is 32.2. The summed E-state index contributed by atoms with van der Waals surface area (Å²) in [6.45, 7) is 7.89. The van der Waals surface area contributed by atoms with E-state index in [0.717, 1.165) is 24.3 Å². The SMILES string of the molecule is CC.CSc1ccc(C(C)=O)c(N2CCC3(CC2)CC3)c1. The Hall–Kier alpha value is -0.960. The first-order valence-electron chi connectivity index (χ1n) is 8.07. The van der Waals surface area contributed by atoms with E-state index in [9.17, 15) is 4.79 Å². The second kappa shape index (κ2) is 6.87. The molecule has 21 heavy (non-hydrogen) atoms. The molecule has 0 unspecified atom stereocenters. The van der Waals surface area contributed by atoms with Crippen LogP contribution < -0.4 is 4.90 Å². The molecule has 1 saturated carbocycles. The molecule has 0 N–H and O–H groups in total. The van der Waals surface area contributed by atoms with E-state index < -0.39 is 0 Å². The summed E-state index contributed by atoms with van der Waals surface area (Å²) in [5.74, 6) is 0.175. The molecule has 0 radical (unpaired) electrons. The van der Waals surface area contributed by atoms with Crippen molar-refractivity contribution in [2.24, 2.45) is 5.41 Å². The van der Waals surface area contributed by atoms with Gasteiger partial charge < -0.3 is 4.90 Å². The molecule has 0 aromatic heterocycles. The highest BCUT2D eigenvalue weighted by Gasteiger charge is 2.44. The summed E-state index contributed by atoms with van der Waals surface area (Å²) < 4.78 is 0. The quantitative estimate of drug-likeness (QED) is 0.578. The number of piperidine rings is 1. The first-order chi connectivity index (χ1) is 10.1. The molecule has 1 heterocycles. The molecule has 1 saturated heterocycles. The van der Waals surface area contributed by atoms with Crippen molar-refractivity contribution in [3.8, 4) is 0 Å². The lowest BCUT2D eigenvalue weighted by Gasteiger charge is -2.35. The minimum Gasteiger partial charge on any atom is -0.371 e. The van der Waals surface area contributed by atoms with Crippen molar-refractivity contribution in [1.29, 1.82) is 0 Å². The summed E-state index contributed by atoms with van der Waals surface area (Å²) in [5, 5.41) is 0. The highest BCUT2D eigenvalue weighted by molar-refractivity contribution is 7.98. The summed E-state index contributed by atoms with van der Waals surface area (Å²) in [5.41, 5.74) is 2.71. The van der Waals surface area contributed by atoms with E-state index in [1.54, 1.807) is 18.7 Å². The Kier molecular flexibility index (Phi) is 5.37. The van der Waals surface area contributed by atoms with Gasteiger partial charge in [0.1, 0.15) is 0 Å². The molecule has 3 rings (SSSR count). The average Bonchev–Trinajstić information content (AvgIpc) is 3.28. The van der Waals surface area contributed by atoms with Crippen LogP contribution in [0, 0.1) is 5.41 Å². The van der Waals surface area contributed by atoms with Crippen LogP contribution in [0.15, 0.2) is 23.1 Å². The number of hydrogen-bond acceptors (Lipinski definition) is 3. The third-order valence-electron chi connectivity index (χ3n) is 4.71. The van der Waals surface area contributed by atoms with Gasteiger partial charge in [-0.25, -0.2) is 0 Å². The normalized spacial score (nSPS) is 19.0. The van der Waals surface area contributed by atoms with Crippen molar-refractivity contribution in [1.82, 2.24) is 0 Å². The molecule has 2 nitrogen and oxygen atoms in total. The lowest BCUT2D eigenvalue weighted by molar-refractivity contribution is 0.101. The van der Waals surface area contributed by atoms with Crippen molar-refractivity contribution < 1.29 is 4.79 Å². The van der Waals surface area contributed by atoms with Gasteiger partial charge in [-0.2, -0.15) is 0 Å². The highest BCUT2D eigenvalue weighted by Crippen LogP contribution is 2.54. The van der Waals surface area contributed by atoms with E-state index in [-0.39, 0.29) is 5.78 Å². The summed E-state index contributed by atoms with van der Waals surface area (Å²) >= 11 is 1.74. The predicted octanol–water partition coefficient (Wildman–Crippen LogP) is 5.02. The van der Waals surface area contributed by atoms with Crippen molar-refractivity contribution in [3.63, 3.8) is 0 Å². The molecule has 0 bridgehead atoms. The van der Waals surface area contributed by atoms with Crippen molar-refractivity contribution >= 4 is 23.2 Å². The van der Waals surface area contributed by atoms with Gasteiger partial charge in [-0.05, 0) is 62.5 Å². The maximum atomic E-state index is 11.8. The third-order valence-corrected chi connectivity index (χ3v) is 5.43. The van der Waals surface area contributed by atoms with Gasteiger partial charge in [0, 0.05) is 29.2 Å². The number of anilines is 1. The van der Waals surface area contributed by atoms with Crippen LogP contribution in [-0.4, -0.2) is 25.1 Å². The summed E-state index contributed by atoms with van der Waals surface area (Å²) in [4.78, 5) is 15.5. The smallest absolute Gasteiger partial charge is 0.161 e. The molecule has 1 aliphatic carbocycles. The Morgan fingerprint density at radius 2 is 1.76 bits per heavy atom. The van der Waals surface area contributed by atoms with E-state index in [0.29, 0.717) is 5.41 Å². The molecule has 1 aliphatic heterocycles. The molecule has 0 amide bonds. The molecular weight excluding hydrogens is 278 g/mol. The Labute approximate surface area is 133 Å². The second-order valence-electron chi connectivity index (χ2n) is 5.93. The maximum Gasteiger partial charge on any atom is 0.161 e. The van der Waals surface area contributed by atoms with Gasteiger partial charge in [0.15, 0.2) is 5.78 Å². The maximum absolute atomic E-state index is 11.8. The molecule has 2 fully saturated rings. The van der Waals surface area contributed by atoms with Crippen molar-refractivity contribution in [2.45, 2.75) is 51.3 Å². The zero-order chi connectivity index (χ0) is 15.5. The molecule has 1 aromatic rings. The number of thioether (sulfide) groups is 1. The molecule has 3 heteroatoms. The van der Waals surface area contributed by atoms with Crippen LogP contribution in [0.2, 0.25) is 0 Å². The average molecular weight is 305 g/mol. The largest absolute Gasteiger partial charge is 0.371 e. The van der Waals surface area contributed by atoms with E-state index in [1.807, 2.05) is 19.9 Å². The molecule has 1 aromatic carbocycles. The minimum atomic E-state index is 0.175. The van der Waals surface area contributed by atoms with E-state index in [2.05, 4.69) is 23.3 Å². The van der Waals surface area contributed by atoms with E-state index >= 15 is 0 Å². The Balaban J connectivity index is 0.000000774. The number of carbonyl (C=O) groups is 1. The van der Waals surface area contributed by atoms with Gasteiger partial charge in [0.25, 0.3) is 0 Å². The monoisotopic (exact) mass is 305 g/mol. The fourth-order valence-electron chi connectivity index (χ4n) is 3.10. The van der Waals surface area contributed by atoms with Gasteiger partial charge >= 0.3 is 0 Å². The zero-order valence-corrected chi connectivity index (χ0v) is 14.6. The van der Waals surface area contributed by atoms with Gasteiger partial charge in [0.05, 0.1) is 0 Å². The van der Waals surface area contributed by atoms with Gasteiger partial charge in [-0.3, -0.25) is 4.79 Å². The molecule has 1 spiro atoms. The minimum absolute atomic E-state index is 0.175. The van der Waals surface area contributed by atoms with Crippen LogP contribution in [0.4, 0.5) is 5.69 Å². The summed E-state index contributed by atoms with van der Waals surface area (Å²) in [6, 6.07) is 6.23. The number of rotatable bonds is 3. The van der Waals surface area contributed by atoms with Gasteiger partial charge in [0.2, 0.25) is 0 Å². The van der Waals surface area contributed by atoms with Crippen LogP contribution in [0.25, 0.3) is 0 Å². The predicted molar refractivity (Wildman–Crippen MR) is 92.7 cm³/mol. The molecule has 0 atom stereocenters. The summed E-state index contributed by atoms with van der Waals surface area (Å²) in [6.07, 6.45) is 7.53. The third kappa shape index (κ3) is 3.63. The van der Waals surface area contributed by atoms with Gasteiger partial charge in [-0.15, -0.1) is 11.8 Å². The zero-order valence-electron chi connectivity index (χ0n) is 13.7. The van der Waals surface area contributed by atoms with Crippen LogP contribution in [0.5, 0.6) is 0 Å². The number of ketones is 1. The number of carbonyl (C=O) groups excluding carboxylic acids is 1. The standard InChI is InChI=1S/C16H21NOS.C2H6/c1-12(18)14-4-3-13(19-2)11-15(14)17-9-7-16(5-6-16)8-10-17;1-2/h3-4,11H,5-10H2,1-2H3;1-2H3. The Morgan fingerprint density at radius 3 is 2.24 bits per heavy atom. The van der Waals surface area contributed by atoms with Crippen LogP contribution in [0.1, 0.15) is 56.8 Å². The number of benzene rings is 1. The topological polar surface area (TPSA) is 20.3 Å². The first kappa shape index (κ1) is 16.4. The number of hydrogen-bond donors (Lipinski definition) is 0. The van der Waals surface area contributed by atoms with Crippen molar-refractivity contribution in [2.75, 3.05) is 24.2 Å². The first-order valence-corrected chi connectivity index (χ1v) is 9.30. The van der Waals surface area contributed by atoms with Crippen LogP contribution in [0.3, 0.4) is 0 Å².